The molecule has 0 bridgehead atoms. The summed E-state index contributed by atoms with van der Waals surface area (Å²) in [4.78, 5) is 14.1. The van der Waals surface area contributed by atoms with Crippen molar-refractivity contribution in [2.45, 2.75) is 58.2 Å². The summed E-state index contributed by atoms with van der Waals surface area (Å²) in [5.74, 6) is -0.0939. The van der Waals surface area contributed by atoms with E-state index in [0.29, 0.717) is 6.54 Å². The molecule has 114 valence electrons. The van der Waals surface area contributed by atoms with Crippen molar-refractivity contribution in [3.63, 3.8) is 0 Å². The summed E-state index contributed by atoms with van der Waals surface area (Å²) >= 11 is 0. The number of amides is 1. The first kappa shape index (κ1) is 15.8. The molecule has 1 amide bonds. The molecule has 1 aromatic rings. The zero-order valence-corrected chi connectivity index (χ0v) is 13.0. The number of hydrogen-bond acceptors (Lipinski definition) is 2. The van der Waals surface area contributed by atoms with Gasteiger partial charge in [0.2, 0.25) is 5.91 Å². The normalized spacial score (nSPS) is 21.9. The van der Waals surface area contributed by atoms with Gasteiger partial charge in [-0.05, 0) is 49.5 Å². The quantitative estimate of drug-likeness (QED) is 0.864. The van der Waals surface area contributed by atoms with E-state index < -0.39 is 6.10 Å². The molecule has 1 aromatic carbocycles. The summed E-state index contributed by atoms with van der Waals surface area (Å²) < 4.78 is 0. The van der Waals surface area contributed by atoms with Gasteiger partial charge < -0.3 is 10.0 Å². The summed E-state index contributed by atoms with van der Waals surface area (Å²) in [7, 11) is 0. The van der Waals surface area contributed by atoms with Crippen LogP contribution in [0.2, 0.25) is 0 Å². The Bertz CT molecular complexity index is 504. The van der Waals surface area contributed by atoms with Gasteiger partial charge in [-0.3, -0.25) is 4.79 Å². The molecule has 3 heteroatoms. The lowest BCUT2D eigenvalue weighted by atomic mass is 9.90. The zero-order valence-electron chi connectivity index (χ0n) is 13.0. The van der Waals surface area contributed by atoms with Crippen molar-refractivity contribution in [3.05, 3.63) is 47.5 Å². The van der Waals surface area contributed by atoms with Crippen LogP contribution in [0, 0.1) is 13.8 Å². The standard InChI is InChI=1S/C18H25NO2/c1-4-18(21)19(16-10-5-6-11-17(16)20)12-15-13(2)8-7-9-14(15)3/h4,7-9,16-17,20H,1,5-6,10-12H2,2-3H3/t16-,17+/m1/s1. The highest BCUT2D eigenvalue weighted by molar-refractivity contribution is 5.87. The van der Waals surface area contributed by atoms with E-state index >= 15 is 0 Å². The smallest absolute Gasteiger partial charge is 0.246 e. The maximum Gasteiger partial charge on any atom is 0.246 e. The lowest BCUT2D eigenvalue weighted by molar-refractivity contribution is -0.132. The van der Waals surface area contributed by atoms with Crippen molar-refractivity contribution >= 4 is 5.91 Å². The van der Waals surface area contributed by atoms with E-state index in [1.54, 1.807) is 4.90 Å². The minimum absolute atomic E-state index is 0.0939. The molecule has 1 fully saturated rings. The molecular weight excluding hydrogens is 262 g/mol. The second kappa shape index (κ2) is 6.90. The SMILES string of the molecule is C=CC(=O)N(Cc1c(C)cccc1C)[C@@H]1CCCC[C@@H]1O. The van der Waals surface area contributed by atoms with Crippen LogP contribution in [0.3, 0.4) is 0 Å². The maximum atomic E-state index is 12.3. The topological polar surface area (TPSA) is 40.5 Å². The van der Waals surface area contributed by atoms with E-state index in [0.717, 1.165) is 25.7 Å². The minimum atomic E-state index is -0.424. The van der Waals surface area contributed by atoms with Crippen molar-refractivity contribution < 1.29 is 9.90 Å². The molecule has 0 heterocycles. The number of carbonyl (C=O) groups excluding carboxylic acids is 1. The molecule has 1 N–H and O–H groups in total. The average molecular weight is 287 g/mol. The number of aliphatic hydroxyl groups is 1. The molecule has 1 aliphatic carbocycles. The molecule has 1 aliphatic rings. The van der Waals surface area contributed by atoms with Crippen LogP contribution in [-0.2, 0) is 11.3 Å². The van der Waals surface area contributed by atoms with Gasteiger partial charge in [0.1, 0.15) is 0 Å². The first-order chi connectivity index (χ1) is 10.0. The van der Waals surface area contributed by atoms with E-state index in [9.17, 15) is 9.90 Å². The van der Waals surface area contributed by atoms with Crippen LogP contribution in [0.4, 0.5) is 0 Å². The van der Waals surface area contributed by atoms with Gasteiger partial charge in [-0.15, -0.1) is 0 Å². The third kappa shape index (κ3) is 3.53. The Balaban J connectivity index is 2.28. The highest BCUT2D eigenvalue weighted by Crippen LogP contribution is 2.26. The molecular formula is C18H25NO2. The van der Waals surface area contributed by atoms with Crippen molar-refractivity contribution in [3.8, 4) is 0 Å². The summed E-state index contributed by atoms with van der Waals surface area (Å²) in [6.45, 7) is 8.29. The van der Waals surface area contributed by atoms with Crippen molar-refractivity contribution in [1.82, 2.24) is 4.90 Å². The van der Waals surface area contributed by atoms with Crippen LogP contribution >= 0.6 is 0 Å². The second-order valence-corrected chi connectivity index (χ2v) is 5.96. The van der Waals surface area contributed by atoms with E-state index in [4.69, 9.17) is 0 Å². The molecule has 0 aliphatic heterocycles. The fourth-order valence-electron chi connectivity index (χ4n) is 3.20. The average Bonchev–Trinajstić information content (AvgIpc) is 2.47. The maximum absolute atomic E-state index is 12.3. The third-order valence-corrected chi connectivity index (χ3v) is 4.52. The van der Waals surface area contributed by atoms with Gasteiger partial charge >= 0.3 is 0 Å². The van der Waals surface area contributed by atoms with Gasteiger partial charge in [0.05, 0.1) is 12.1 Å². The minimum Gasteiger partial charge on any atom is -0.391 e. The molecule has 0 unspecified atom stereocenters. The Morgan fingerprint density at radius 3 is 2.52 bits per heavy atom. The van der Waals surface area contributed by atoms with Crippen LogP contribution in [0.1, 0.15) is 42.4 Å². The Labute approximate surface area is 127 Å². The van der Waals surface area contributed by atoms with Gasteiger partial charge in [-0.25, -0.2) is 0 Å². The Kier molecular flexibility index (Phi) is 5.18. The predicted molar refractivity (Wildman–Crippen MR) is 84.9 cm³/mol. The number of hydrogen-bond donors (Lipinski definition) is 1. The number of benzene rings is 1. The van der Waals surface area contributed by atoms with E-state index in [2.05, 4.69) is 32.6 Å². The van der Waals surface area contributed by atoms with E-state index in [1.165, 1.54) is 22.8 Å². The predicted octanol–water partition coefficient (Wildman–Crippen LogP) is 3.12. The van der Waals surface area contributed by atoms with Crippen molar-refractivity contribution in [1.29, 1.82) is 0 Å². The molecule has 2 atom stereocenters. The Hall–Kier alpha value is -1.61. The largest absolute Gasteiger partial charge is 0.391 e. The summed E-state index contributed by atoms with van der Waals surface area (Å²) in [5, 5.41) is 10.3. The lowest BCUT2D eigenvalue weighted by Crippen LogP contribution is -2.47. The first-order valence-corrected chi connectivity index (χ1v) is 7.70. The number of rotatable bonds is 4. The fourth-order valence-corrected chi connectivity index (χ4v) is 3.20. The molecule has 2 rings (SSSR count). The molecule has 3 nitrogen and oxygen atoms in total. The van der Waals surface area contributed by atoms with Gasteiger partial charge in [-0.2, -0.15) is 0 Å². The highest BCUT2D eigenvalue weighted by atomic mass is 16.3. The van der Waals surface area contributed by atoms with Crippen LogP contribution in [0.25, 0.3) is 0 Å². The monoisotopic (exact) mass is 287 g/mol. The van der Waals surface area contributed by atoms with Gasteiger partial charge in [0, 0.05) is 6.54 Å². The van der Waals surface area contributed by atoms with Gasteiger partial charge in [0.25, 0.3) is 0 Å². The molecule has 0 aromatic heterocycles. The van der Waals surface area contributed by atoms with Crippen molar-refractivity contribution in [2.75, 3.05) is 0 Å². The second-order valence-electron chi connectivity index (χ2n) is 5.96. The molecule has 1 saturated carbocycles. The van der Waals surface area contributed by atoms with Gasteiger partial charge in [0.15, 0.2) is 0 Å². The van der Waals surface area contributed by atoms with Gasteiger partial charge in [-0.1, -0.05) is 37.6 Å². The third-order valence-electron chi connectivity index (χ3n) is 4.52. The summed E-state index contributed by atoms with van der Waals surface area (Å²) in [6, 6.07) is 6.07. The van der Waals surface area contributed by atoms with Crippen LogP contribution in [0.5, 0.6) is 0 Å². The molecule has 21 heavy (non-hydrogen) atoms. The number of aliphatic hydroxyl groups excluding tert-OH is 1. The first-order valence-electron chi connectivity index (χ1n) is 7.70. The molecule has 0 spiro atoms. The highest BCUT2D eigenvalue weighted by Gasteiger charge is 2.31. The summed E-state index contributed by atoms with van der Waals surface area (Å²) in [5.41, 5.74) is 3.54. The number of aryl methyl sites for hydroxylation is 2. The van der Waals surface area contributed by atoms with Crippen molar-refractivity contribution in [2.24, 2.45) is 0 Å². The van der Waals surface area contributed by atoms with Crippen LogP contribution in [0.15, 0.2) is 30.9 Å². The molecule has 0 saturated heterocycles. The van der Waals surface area contributed by atoms with E-state index in [1.807, 2.05) is 6.07 Å². The summed E-state index contributed by atoms with van der Waals surface area (Å²) in [6.07, 6.45) is 4.68. The Morgan fingerprint density at radius 2 is 1.95 bits per heavy atom. The lowest BCUT2D eigenvalue weighted by Gasteiger charge is -2.37. The number of nitrogens with zero attached hydrogens (tertiary/aromatic N) is 1. The van der Waals surface area contributed by atoms with E-state index in [-0.39, 0.29) is 11.9 Å². The number of carbonyl (C=O) groups is 1. The fraction of sp³-hybridized carbons (Fsp3) is 0.500. The van der Waals surface area contributed by atoms with Crippen LogP contribution in [-0.4, -0.2) is 28.1 Å². The molecule has 0 radical (unpaired) electrons. The zero-order chi connectivity index (χ0) is 15.4. The van der Waals surface area contributed by atoms with Crippen LogP contribution < -0.4 is 0 Å². The Morgan fingerprint density at radius 1 is 1.33 bits per heavy atom.